The van der Waals surface area contributed by atoms with Gasteiger partial charge in [-0.15, -0.1) is 0 Å². The Morgan fingerprint density at radius 3 is 2.96 bits per heavy atom. The number of halogens is 1. The summed E-state index contributed by atoms with van der Waals surface area (Å²) in [6.45, 7) is 4.47. The molecule has 0 saturated heterocycles. The number of hydrogen-bond donors (Lipinski definition) is 3. The van der Waals surface area contributed by atoms with Gasteiger partial charge in [0.25, 0.3) is 5.91 Å². The lowest BCUT2D eigenvalue weighted by Gasteiger charge is -2.22. The van der Waals surface area contributed by atoms with E-state index in [1.807, 2.05) is 13.8 Å². The van der Waals surface area contributed by atoms with E-state index in [1.54, 1.807) is 12.1 Å². The topological polar surface area (TPSA) is 82.7 Å². The molecule has 1 amide bonds. The van der Waals surface area contributed by atoms with E-state index in [0.717, 1.165) is 17.8 Å². The molecule has 2 aromatic heterocycles. The van der Waals surface area contributed by atoms with Crippen LogP contribution in [-0.4, -0.2) is 33.4 Å². The Kier molecular flexibility index (Phi) is 3.72. The van der Waals surface area contributed by atoms with Crippen LogP contribution in [0.25, 0.3) is 22.3 Å². The van der Waals surface area contributed by atoms with Gasteiger partial charge in [-0.2, -0.15) is 0 Å². The van der Waals surface area contributed by atoms with Crippen molar-refractivity contribution in [2.45, 2.75) is 32.2 Å². The summed E-state index contributed by atoms with van der Waals surface area (Å²) in [7, 11) is 0. The van der Waals surface area contributed by atoms with Crippen LogP contribution in [0, 0.1) is 12.7 Å². The molecule has 2 aliphatic rings. The van der Waals surface area contributed by atoms with Crippen molar-refractivity contribution in [2.75, 3.05) is 11.9 Å². The minimum atomic E-state index is -0.395. The highest BCUT2D eigenvalue weighted by molar-refractivity contribution is 6.00. The lowest BCUT2D eigenvalue weighted by Crippen LogP contribution is -2.34. The second-order valence-electron chi connectivity index (χ2n) is 7.46. The number of amides is 1. The summed E-state index contributed by atoms with van der Waals surface area (Å²) in [6.07, 6.45) is 4.96. The van der Waals surface area contributed by atoms with Crippen molar-refractivity contribution in [1.82, 2.24) is 20.3 Å². The van der Waals surface area contributed by atoms with Crippen LogP contribution in [0.1, 0.15) is 41.0 Å². The summed E-state index contributed by atoms with van der Waals surface area (Å²) in [4.78, 5) is 25.0. The Balaban J connectivity index is 1.83. The van der Waals surface area contributed by atoms with Crippen LogP contribution in [-0.2, 0) is 0 Å². The molecule has 0 unspecified atom stereocenters. The minimum Gasteiger partial charge on any atom is -0.363 e. The number of aromatic amines is 1. The molecule has 3 aromatic rings. The number of aromatic nitrogens is 3. The summed E-state index contributed by atoms with van der Waals surface area (Å²) < 4.78 is 14.9. The predicted molar refractivity (Wildman–Crippen MR) is 106 cm³/mol. The Hall–Kier alpha value is -3.22. The first-order valence-electron chi connectivity index (χ1n) is 9.43. The first kappa shape index (κ1) is 16.9. The second kappa shape index (κ2) is 6.15. The predicted octanol–water partition coefficient (Wildman–Crippen LogP) is 3.66. The van der Waals surface area contributed by atoms with E-state index in [4.69, 9.17) is 4.98 Å². The smallest absolute Gasteiger partial charge is 0.253 e. The van der Waals surface area contributed by atoms with E-state index >= 15 is 0 Å². The Bertz CT molecular complexity index is 1150. The van der Waals surface area contributed by atoms with Crippen LogP contribution in [0.5, 0.6) is 0 Å². The van der Waals surface area contributed by atoms with Crippen LogP contribution in [0.3, 0.4) is 0 Å². The third-order valence-electron chi connectivity index (χ3n) is 5.45. The number of fused-ring (bicyclic) bond motifs is 3. The first-order chi connectivity index (χ1) is 13.5. The van der Waals surface area contributed by atoms with Gasteiger partial charge in [0.1, 0.15) is 17.2 Å². The van der Waals surface area contributed by atoms with Crippen molar-refractivity contribution in [1.29, 1.82) is 0 Å². The molecule has 0 radical (unpaired) electrons. The molecule has 7 heteroatoms. The van der Waals surface area contributed by atoms with Crippen molar-refractivity contribution >= 4 is 22.8 Å². The van der Waals surface area contributed by atoms with Gasteiger partial charge >= 0.3 is 0 Å². The number of nitrogens with zero attached hydrogens (tertiary/aromatic N) is 2. The van der Waals surface area contributed by atoms with Crippen molar-refractivity contribution < 1.29 is 9.18 Å². The number of allylic oxidation sites excluding steroid dienone is 1. The first-order valence-corrected chi connectivity index (χ1v) is 9.43. The maximum atomic E-state index is 14.9. The largest absolute Gasteiger partial charge is 0.363 e. The van der Waals surface area contributed by atoms with Gasteiger partial charge in [-0.25, -0.2) is 14.4 Å². The molecule has 3 N–H and O–H groups in total. The highest BCUT2D eigenvalue weighted by Crippen LogP contribution is 2.35. The van der Waals surface area contributed by atoms with Crippen LogP contribution in [0.4, 0.5) is 10.2 Å². The third-order valence-corrected chi connectivity index (χ3v) is 5.45. The maximum Gasteiger partial charge on any atom is 0.253 e. The average molecular weight is 377 g/mol. The molecule has 5 rings (SSSR count). The number of benzene rings is 1. The van der Waals surface area contributed by atoms with Crippen molar-refractivity contribution in [3.63, 3.8) is 0 Å². The molecule has 142 valence electrons. The van der Waals surface area contributed by atoms with E-state index in [-0.39, 0.29) is 17.9 Å². The maximum absolute atomic E-state index is 14.9. The number of H-pyrrole nitrogens is 1. The SMILES string of the molecule is Cc1nc2ccc(F)c3c2nc1N[C@@H](C)/C=C/C[C@H]1CNC(=O)c2cc-3[nH]c21. The standard InChI is InChI=1S/C21H20FN5O/c1-10-4-3-5-12-9-23-21(28)13-8-16(26-18(12)13)17-14(22)6-7-15-19(17)27-20(24-10)11(2)25-15/h3-4,6-8,10,12,26H,5,9H2,1-2H3,(H,23,28)(H,24,27)/b4-3+/t10-,12-/m0/s1. The highest BCUT2D eigenvalue weighted by atomic mass is 19.1. The summed E-state index contributed by atoms with van der Waals surface area (Å²) in [5.74, 6) is 0.212. The molecular formula is C21H20FN5O. The molecule has 2 atom stereocenters. The zero-order valence-electron chi connectivity index (χ0n) is 15.6. The summed E-state index contributed by atoms with van der Waals surface area (Å²) in [5, 5.41) is 6.29. The van der Waals surface area contributed by atoms with Crippen LogP contribution in [0.15, 0.2) is 30.4 Å². The molecule has 2 aliphatic heterocycles. The van der Waals surface area contributed by atoms with Gasteiger partial charge in [-0.3, -0.25) is 4.79 Å². The molecule has 6 nitrogen and oxygen atoms in total. The number of rotatable bonds is 0. The lowest BCUT2D eigenvalue weighted by molar-refractivity contribution is 0.0940. The van der Waals surface area contributed by atoms with E-state index in [1.165, 1.54) is 6.07 Å². The van der Waals surface area contributed by atoms with Gasteiger partial charge in [0, 0.05) is 24.2 Å². The van der Waals surface area contributed by atoms with E-state index in [0.29, 0.717) is 40.2 Å². The number of hydrogen-bond acceptors (Lipinski definition) is 4. The lowest BCUT2D eigenvalue weighted by atomic mass is 9.94. The second-order valence-corrected chi connectivity index (χ2v) is 7.46. The summed E-state index contributed by atoms with van der Waals surface area (Å²) >= 11 is 0. The molecular weight excluding hydrogens is 357 g/mol. The number of carbonyl (C=O) groups excluding carboxylic acids is 1. The van der Waals surface area contributed by atoms with Crippen LogP contribution in [0.2, 0.25) is 0 Å². The van der Waals surface area contributed by atoms with E-state index in [9.17, 15) is 9.18 Å². The number of anilines is 1. The molecule has 4 bridgehead atoms. The fraction of sp³-hybridized carbons (Fsp3) is 0.286. The van der Waals surface area contributed by atoms with Crippen LogP contribution < -0.4 is 10.6 Å². The molecule has 0 aliphatic carbocycles. The van der Waals surface area contributed by atoms with Crippen molar-refractivity contribution in [3.8, 4) is 11.3 Å². The highest BCUT2D eigenvalue weighted by Gasteiger charge is 2.29. The van der Waals surface area contributed by atoms with Gasteiger partial charge in [0.2, 0.25) is 0 Å². The van der Waals surface area contributed by atoms with Gasteiger partial charge < -0.3 is 15.6 Å². The Labute approximate surface area is 161 Å². The zero-order chi connectivity index (χ0) is 19.4. The molecule has 1 aromatic carbocycles. The van der Waals surface area contributed by atoms with Crippen molar-refractivity contribution in [2.24, 2.45) is 0 Å². The quantitative estimate of drug-likeness (QED) is 0.522. The molecule has 28 heavy (non-hydrogen) atoms. The van der Waals surface area contributed by atoms with Crippen LogP contribution >= 0.6 is 0 Å². The Morgan fingerprint density at radius 2 is 2.11 bits per heavy atom. The molecule has 4 heterocycles. The average Bonchev–Trinajstić information content (AvgIpc) is 3.10. The van der Waals surface area contributed by atoms with Gasteiger partial charge in [-0.1, -0.05) is 12.2 Å². The normalized spacial score (nSPS) is 22.0. The van der Waals surface area contributed by atoms with E-state index in [2.05, 4.69) is 32.8 Å². The fourth-order valence-electron chi connectivity index (χ4n) is 4.02. The van der Waals surface area contributed by atoms with E-state index < -0.39 is 5.82 Å². The fourth-order valence-corrected chi connectivity index (χ4v) is 4.02. The van der Waals surface area contributed by atoms with Gasteiger partial charge in [0.15, 0.2) is 0 Å². The van der Waals surface area contributed by atoms with Gasteiger partial charge in [-0.05, 0) is 38.5 Å². The molecule has 0 spiro atoms. The van der Waals surface area contributed by atoms with Gasteiger partial charge in [0.05, 0.1) is 28.0 Å². The molecule has 0 saturated carbocycles. The van der Waals surface area contributed by atoms with Crippen molar-refractivity contribution in [3.05, 3.63) is 53.1 Å². The summed E-state index contributed by atoms with van der Waals surface area (Å²) in [6, 6.07) is 4.80. The number of aryl methyl sites for hydroxylation is 1. The monoisotopic (exact) mass is 377 g/mol. The number of nitrogens with one attached hydrogen (secondary N) is 3. The Morgan fingerprint density at radius 1 is 1.25 bits per heavy atom. The molecule has 0 fully saturated rings. The zero-order valence-corrected chi connectivity index (χ0v) is 15.6. The summed E-state index contributed by atoms with van der Waals surface area (Å²) in [5.41, 5.74) is 4.15. The third kappa shape index (κ3) is 2.58. The minimum absolute atomic E-state index is 0.0409. The number of carbonyl (C=O) groups is 1.